The minimum absolute atomic E-state index is 0.0744. The Labute approximate surface area is 148 Å². The molecule has 0 bridgehead atoms. The van der Waals surface area contributed by atoms with Gasteiger partial charge in [-0.15, -0.1) is 0 Å². The minimum Gasteiger partial charge on any atom is -0.307 e. The number of hydrogen-bond acceptors (Lipinski definition) is 3. The van der Waals surface area contributed by atoms with E-state index in [0.717, 1.165) is 28.4 Å². The van der Waals surface area contributed by atoms with Gasteiger partial charge in [0, 0.05) is 21.6 Å². The summed E-state index contributed by atoms with van der Waals surface area (Å²) in [5.41, 5.74) is 1.48. The largest absolute Gasteiger partial charge is 0.307 e. The maximum absolute atomic E-state index is 12.9. The normalized spacial score (nSPS) is 21.3. The molecule has 0 radical (unpaired) electrons. The number of nitrogens with one attached hydrogen (secondary N) is 2. The fraction of sp³-hybridized carbons (Fsp3) is 0.647. The van der Waals surface area contributed by atoms with E-state index in [2.05, 4.69) is 53.7 Å². The summed E-state index contributed by atoms with van der Waals surface area (Å²) >= 11 is 3.45. The summed E-state index contributed by atoms with van der Waals surface area (Å²) in [5.74, 6) is 0. The molecule has 1 aromatic rings. The number of sulfonamides is 1. The Bertz CT molecular complexity index is 696. The SMILES string of the molecule is Cc1cc(S(=O)(=O)NC2CC(C)(C)NC(C)(C)C2)c(C)cc1Br. The topological polar surface area (TPSA) is 58.2 Å². The number of aryl methyl sites for hydroxylation is 2. The van der Waals surface area contributed by atoms with E-state index in [1.807, 2.05) is 19.9 Å². The van der Waals surface area contributed by atoms with Crippen molar-refractivity contribution in [3.05, 3.63) is 27.7 Å². The number of benzene rings is 1. The molecule has 1 aliphatic heterocycles. The fourth-order valence-electron chi connectivity index (χ4n) is 3.73. The van der Waals surface area contributed by atoms with Gasteiger partial charge in [0.05, 0.1) is 4.90 Å². The third-order valence-electron chi connectivity index (χ3n) is 4.26. The van der Waals surface area contributed by atoms with E-state index in [0.29, 0.717) is 4.90 Å². The molecule has 2 rings (SSSR count). The number of halogens is 1. The van der Waals surface area contributed by atoms with Crippen molar-refractivity contribution in [3.8, 4) is 0 Å². The molecule has 1 saturated heterocycles. The van der Waals surface area contributed by atoms with Gasteiger partial charge in [-0.3, -0.25) is 0 Å². The molecule has 23 heavy (non-hydrogen) atoms. The molecular formula is C17H27BrN2O2S. The number of piperidine rings is 1. The van der Waals surface area contributed by atoms with E-state index < -0.39 is 10.0 Å². The number of rotatable bonds is 3. The predicted octanol–water partition coefficient (Wildman–Crippen LogP) is 3.65. The van der Waals surface area contributed by atoms with E-state index in [1.165, 1.54) is 0 Å². The van der Waals surface area contributed by atoms with Crippen LogP contribution in [0, 0.1) is 13.8 Å². The molecule has 0 amide bonds. The molecule has 0 unspecified atom stereocenters. The molecule has 2 N–H and O–H groups in total. The fourth-order valence-corrected chi connectivity index (χ4v) is 5.74. The minimum atomic E-state index is -3.53. The van der Waals surface area contributed by atoms with Crippen LogP contribution in [0.15, 0.2) is 21.5 Å². The van der Waals surface area contributed by atoms with Crippen LogP contribution in [0.5, 0.6) is 0 Å². The van der Waals surface area contributed by atoms with Crippen molar-refractivity contribution in [2.45, 2.75) is 76.4 Å². The maximum Gasteiger partial charge on any atom is 0.241 e. The van der Waals surface area contributed by atoms with E-state index in [1.54, 1.807) is 6.07 Å². The first-order valence-electron chi connectivity index (χ1n) is 7.90. The van der Waals surface area contributed by atoms with E-state index in [4.69, 9.17) is 0 Å². The van der Waals surface area contributed by atoms with Gasteiger partial charge in [0.25, 0.3) is 0 Å². The van der Waals surface area contributed by atoms with Gasteiger partial charge in [-0.1, -0.05) is 15.9 Å². The lowest BCUT2D eigenvalue weighted by Crippen LogP contribution is -2.62. The first-order valence-corrected chi connectivity index (χ1v) is 10.2. The summed E-state index contributed by atoms with van der Waals surface area (Å²) in [4.78, 5) is 0.368. The van der Waals surface area contributed by atoms with Gasteiger partial charge in [0.2, 0.25) is 10.0 Å². The van der Waals surface area contributed by atoms with Crippen molar-refractivity contribution in [3.63, 3.8) is 0 Å². The number of hydrogen-bond donors (Lipinski definition) is 2. The van der Waals surface area contributed by atoms with Crippen LogP contribution in [0.2, 0.25) is 0 Å². The second-order valence-electron chi connectivity index (χ2n) is 7.99. The van der Waals surface area contributed by atoms with Crippen LogP contribution < -0.4 is 10.0 Å². The van der Waals surface area contributed by atoms with Gasteiger partial charge >= 0.3 is 0 Å². The van der Waals surface area contributed by atoms with Gasteiger partial charge in [0.1, 0.15) is 0 Å². The highest BCUT2D eigenvalue weighted by Crippen LogP contribution is 2.30. The van der Waals surface area contributed by atoms with Crippen LogP contribution in [0.4, 0.5) is 0 Å². The first kappa shape index (κ1) is 18.9. The van der Waals surface area contributed by atoms with E-state index in [-0.39, 0.29) is 17.1 Å². The molecule has 6 heteroatoms. The van der Waals surface area contributed by atoms with Crippen molar-refractivity contribution in [2.24, 2.45) is 0 Å². The molecule has 1 aliphatic rings. The molecule has 1 aromatic carbocycles. The predicted molar refractivity (Wildman–Crippen MR) is 98.3 cm³/mol. The van der Waals surface area contributed by atoms with Crippen LogP contribution >= 0.6 is 15.9 Å². The Hall–Kier alpha value is -0.430. The average molecular weight is 403 g/mol. The van der Waals surface area contributed by atoms with Crippen molar-refractivity contribution >= 4 is 26.0 Å². The molecule has 1 heterocycles. The lowest BCUT2D eigenvalue weighted by Gasteiger charge is -2.46. The average Bonchev–Trinajstić information content (AvgIpc) is 2.28. The highest BCUT2D eigenvalue weighted by atomic mass is 79.9. The lowest BCUT2D eigenvalue weighted by atomic mass is 9.80. The summed E-state index contributed by atoms with van der Waals surface area (Å²) in [6.45, 7) is 12.2. The van der Waals surface area contributed by atoms with Crippen molar-refractivity contribution in [1.82, 2.24) is 10.0 Å². The highest BCUT2D eigenvalue weighted by molar-refractivity contribution is 9.10. The molecule has 1 fully saturated rings. The zero-order chi connectivity index (χ0) is 17.6. The summed E-state index contributed by atoms with van der Waals surface area (Å²) in [5, 5.41) is 3.57. The smallest absolute Gasteiger partial charge is 0.241 e. The zero-order valence-electron chi connectivity index (χ0n) is 14.7. The molecule has 0 spiro atoms. The third-order valence-corrected chi connectivity index (χ3v) is 6.77. The lowest BCUT2D eigenvalue weighted by molar-refractivity contribution is 0.157. The quantitative estimate of drug-likeness (QED) is 0.810. The van der Waals surface area contributed by atoms with Crippen LogP contribution in [-0.4, -0.2) is 25.5 Å². The Balaban J connectivity index is 2.30. The van der Waals surface area contributed by atoms with Gasteiger partial charge in [-0.2, -0.15) is 0 Å². The van der Waals surface area contributed by atoms with Gasteiger partial charge in [-0.05, 0) is 77.6 Å². The molecule has 0 saturated carbocycles. The van der Waals surface area contributed by atoms with E-state index in [9.17, 15) is 8.42 Å². The summed E-state index contributed by atoms with van der Waals surface area (Å²) in [6.07, 6.45) is 1.54. The summed E-state index contributed by atoms with van der Waals surface area (Å²) < 4.78 is 29.6. The molecule has 130 valence electrons. The monoisotopic (exact) mass is 402 g/mol. The van der Waals surface area contributed by atoms with Gasteiger partial charge in [-0.25, -0.2) is 13.1 Å². The van der Waals surface area contributed by atoms with Crippen molar-refractivity contribution in [2.75, 3.05) is 0 Å². The summed E-state index contributed by atoms with van der Waals surface area (Å²) in [6, 6.07) is 3.52. The molecular weight excluding hydrogens is 376 g/mol. The zero-order valence-corrected chi connectivity index (χ0v) is 17.2. The Morgan fingerprint density at radius 3 is 2.13 bits per heavy atom. The Morgan fingerprint density at radius 1 is 1.09 bits per heavy atom. The van der Waals surface area contributed by atoms with Crippen LogP contribution in [0.25, 0.3) is 0 Å². The summed E-state index contributed by atoms with van der Waals surface area (Å²) in [7, 11) is -3.53. The first-order chi connectivity index (χ1) is 10.3. The molecule has 0 atom stereocenters. The van der Waals surface area contributed by atoms with Crippen molar-refractivity contribution in [1.29, 1.82) is 0 Å². The molecule has 0 aliphatic carbocycles. The maximum atomic E-state index is 12.9. The molecule has 4 nitrogen and oxygen atoms in total. The van der Waals surface area contributed by atoms with Crippen LogP contribution in [0.3, 0.4) is 0 Å². The highest BCUT2D eigenvalue weighted by Gasteiger charge is 2.39. The second kappa shape index (κ2) is 6.14. The van der Waals surface area contributed by atoms with E-state index >= 15 is 0 Å². The van der Waals surface area contributed by atoms with Crippen LogP contribution in [0.1, 0.15) is 51.7 Å². The Kier molecular flexibility index (Phi) is 5.04. The Morgan fingerprint density at radius 2 is 1.61 bits per heavy atom. The van der Waals surface area contributed by atoms with Crippen molar-refractivity contribution < 1.29 is 8.42 Å². The van der Waals surface area contributed by atoms with Gasteiger partial charge < -0.3 is 5.32 Å². The van der Waals surface area contributed by atoms with Gasteiger partial charge in [0.15, 0.2) is 0 Å². The van der Waals surface area contributed by atoms with Crippen LogP contribution in [-0.2, 0) is 10.0 Å². The standard InChI is InChI=1S/C17H27BrN2O2S/c1-11-8-15(12(2)7-14(11)18)23(21,22)19-13-9-16(3,4)20-17(5,6)10-13/h7-8,13,19-20H,9-10H2,1-6H3. The second-order valence-corrected chi connectivity index (χ2v) is 10.5. The third kappa shape index (κ3) is 4.56. The molecule has 0 aromatic heterocycles.